The van der Waals surface area contributed by atoms with Gasteiger partial charge >= 0.3 is 0 Å². The molecule has 0 amide bonds. The number of nitrogen functional groups attached to an aromatic ring is 1. The summed E-state index contributed by atoms with van der Waals surface area (Å²) in [4.78, 5) is 14.2. The fraction of sp³-hybridized carbons (Fsp3) is 0.300. The average Bonchev–Trinajstić information content (AvgIpc) is 3.12. The summed E-state index contributed by atoms with van der Waals surface area (Å²) in [5, 5.41) is 17.0. The van der Waals surface area contributed by atoms with Gasteiger partial charge in [-0.05, 0) is 35.3 Å². The lowest BCUT2D eigenvalue weighted by Gasteiger charge is -2.20. The predicted molar refractivity (Wildman–Crippen MR) is 111 cm³/mol. The van der Waals surface area contributed by atoms with Crippen molar-refractivity contribution in [1.29, 1.82) is 0 Å². The van der Waals surface area contributed by atoms with Gasteiger partial charge in [-0.2, -0.15) is 4.98 Å². The number of anilines is 1. The molecule has 0 saturated carbocycles. The third kappa shape index (κ3) is 6.24. The highest BCUT2D eigenvalue weighted by molar-refractivity contribution is 7.57. The Morgan fingerprint density at radius 3 is 2.48 bits per heavy atom. The Morgan fingerprint density at radius 1 is 1.17 bits per heavy atom. The van der Waals surface area contributed by atoms with Gasteiger partial charge in [0.25, 0.3) is 11.8 Å². The Hall–Kier alpha value is -2.51. The summed E-state index contributed by atoms with van der Waals surface area (Å²) in [6.07, 6.45) is -1.01. The lowest BCUT2D eigenvalue weighted by Crippen LogP contribution is -2.31. The minimum Gasteiger partial charge on any atom is -0.391 e. The van der Waals surface area contributed by atoms with Gasteiger partial charge in [0.1, 0.15) is 0 Å². The molecule has 3 rings (SSSR count). The molecular weight excluding hydrogens is 391 g/mol. The van der Waals surface area contributed by atoms with Gasteiger partial charge in [0, 0.05) is 24.3 Å². The van der Waals surface area contributed by atoms with Crippen LogP contribution in [0.2, 0.25) is 0 Å². The number of nitrogens with two attached hydrogens (primary N) is 1. The number of aliphatic hydroxyl groups is 1. The van der Waals surface area contributed by atoms with Crippen LogP contribution in [0.25, 0.3) is 11.5 Å². The van der Waals surface area contributed by atoms with Crippen molar-refractivity contribution in [2.75, 3.05) is 18.4 Å². The van der Waals surface area contributed by atoms with Crippen LogP contribution in [0.15, 0.2) is 59.1 Å². The maximum atomic E-state index is 12.4. The number of rotatable bonds is 9. The quantitative estimate of drug-likeness (QED) is 0.391. The summed E-state index contributed by atoms with van der Waals surface area (Å²) in [6, 6.07) is 16.6. The molecule has 8 nitrogen and oxygen atoms in total. The van der Waals surface area contributed by atoms with Gasteiger partial charge in [0.05, 0.1) is 12.3 Å². The van der Waals surface area contributed by atoms with Crippen molar-refractivity contribution in [2.45, 2.75) is 25.2 Å². The zero-order valence-electron chi connectivity index (χ0n) is 16.1. The lowest BCUT2D eigenvalue weighted by atomic mass is 10.1. The smallest absolute Gasteiger partial charge is 0.261 e. The number of hydrogen-bond acceptors (Lipinski definition) is 7. The molecule has 0 spiro atoms. The first-order valence-corrected chi connectivity index (χ1v) is 11.3. The maximum Gasteiger partial charge on any atom is 0.261 e. The lowest BCUT2D eigenvalue weighted by molar-refractivity contribution is 0.186. The Bertz CT molecular complexity index is 962. The third-order valence-corrected chi connectivity index (χ3v) is 6.38. The van der Waals surface area contributed by atoms with E-state index >= 15 is 0 Å². The molecule has 0 aliphatic heterocycles. The maximum absolute atomic E-state index is 12.4. The van der Waals surface area contributed by atoms with Crippen LogP contribution in [-0.2, 0) is 10.7 Å². The Morgan fingerprint density at radius 2 is 1.86 bits per heavy atom. The van der Waals surface area contributed by atoms with Crippen molar-refractivity contribution < 1.29 is 19.1 Å². The van der Waals surface area contributed by atoms with E-state index in [1.54, 1.807) is 0 Å². The van der Waals surface area contributed by atoms with Crippen molar-refractivity contribution in [3.05, 3.63) is 65.7 Å². The molecule has 0 saturated heterocycles. The summed E-state index contributed by atoms with van der Waals surface area (Å²) in [5.74, 6) is 0.434. The first-order chi connectivity index (χ1) is 13.8. The summed E-state index contributed by atoms with van der Waals surface area (Å²) in [7, 11) is -3.46. The number of nitrogens with zero attached hydrogens (tertiary/aromatic N) is 2. The third-order valence-electron chi connectivity index (χ3n) is 4.53. The van der Waals surface area contributed by atoms with E-state index in [0.717, 1.165) is 16.7 Å². The second-order valence-electron chi connectivity index (χ2n) is 7.04. The molecule has 0 aliphatic rings. The first kappa shape index (κ1) is 21.2. The van der Waals surface area contributed by atoms with E-state index in [1.807, 2.05) is 61.5 Å². The zero-order valence-corrected chi connectivity index (χ0v) is 17.0. The highest BCUT2D eigenvalue weighted by Gasteiger charge is 2.23. The summed E-state index contributed by atoms with van der Waals surface area (Å²) >= 11 is 0. The molecule has 5 N–H and O–H groups in total. The van der Waals surface area contributed by atoms with Gasteiger partial charge in [-0.15, -0.1) is 0 Å². The SMILES string of the molecule is CC(NC[C@H](O)CP(=O)(O)Cc1ccccc1)c1ccc(-c2nc(N)no2)cc1. The average molecular weight is 416 g/mol. The topological polar surface area (TPSA) is 134 Å². The summed E-state index contributed by atoms with van der Waals surface area (Å²) < 4.78 is 17.5. The molecule has 2 aromatic carbocycles. The van der Waals surface area contributed by atoms with Gasteiger partial charge in [-0.1, -0.05) is 42.5 Å². The van der Waals surface area contributed by atoms with Crippen molar-refractivity contribution in [1.82, 2.24) is 15.5 Å². The van der Waals surface area contributed by atoms with Gasteiger partial charge in [0.15, 0.2) is 0 Å². The van der Waals surface area contributed by atoms with E-state index in [2.05, 4.69) is 15.5 Å². The number of hydrogen-bond donors (Lipinski definition) is 4. The molecule has 0 fully saturated rings. The first-order valence-electron chi connectivity index (χ1n) is 9.28. The van der Waals surface area contributed by atoms with Gasteiger partial charge in [0.2, 0.25) is 7.37 Å². The number of nitrogens with one attached hydrogen (secondary N) is 1. The van der Waals surface area contributed by atoms with Gasteiger partial charge in [-0.25, -0.2) is 0 Å². The van der Waals surface area contributed by atoms with Gasteiger partial charge in [-0.3, -0.25) is 4.57 Å². The fourth-order valence-electron chi connectivity index (χ4n) is 3.02. The zero-order chi connectivity index (χ0) is 20.9. The van der Waals surface area contributed by atoms with E-state index in [1.165, 1.54) is 0 Å². The standard InChI is InChI=1S/C20H25N4O4P/c1-14(16-7-9-17(10-8-16)19-23-20(21)24-28-19)22-11-18(25)13-29(26,27)12-15-5-3-2-4-6-15/h2-10,14,18,22,25H,11-13H2,1H3,(H2,21,24)(H,26,27)/t14?,18-/m0/s1. The van der Waals surface area contributed by atoms with Crippen LogP contribution in [0, 0.1) is 0 Å². The van der Waals surface area contributed by atoms with E-state index in [0.29, 0.717) is 5.89 Å². The highest BCUT2D eigenvalue weighted by Crippen LogP contribution is 2.44. The van der Waals surface area contributed by atoms with Crippen LogP contribution in [0.1, 0.15) is 24.1 Å². The largest absolute Gasteiger partial charge is 0.391 e. The second kappa shape index (κ2) is 9.33. The van der Waals surface area contributed by atoms with E-state index in [-0.39, 0.29) is 30.9 Å². The highest BCUT2D eigenvalue weighted by atomic mass is 31.2. The minimum atomic E-state index is -3.46. The summed E-state index contributed by atoms with van der Waals surface area (Å²) in [6.45, 7) is 2.16. The molecule has 3 atom stereocenters. The Balaban J connectivity index is 1.50. The van der Waals surface area contributed by atoms with Gasteiger partial charge < -0.3 is 25.6 Å². The normalized spacial score (nSPS) is 15.6. The van der Waals surface area contributed by atoms with Crippen LogP contribution >= 0.6 is 7.37 Å². The van der Waals surface area contributed by atoms with Crippen LogP contribution in [0.5, 0.6) is 0 Å². The molecule has 0 aliphatic carbocycles. The Labute approximate surface area is 169 Å². The predicted octanol–water partition coefficient (Wildman–Crippen LogP) is 2.80. The van der Waals surface area contributed by atoms with Crippen molar-refractivity contribution in [3.8, 4) is 11.5 Å². The number of aliphatic hydroxyl groups excluding tert-OH is 1. The monoisotopic (exact) mass is 416 g/mol. The van der Waals surface area contributed by atoms with Crippen molar-refractivity contribution in [2.24, 2.45) is 0 Å². The van der Waals surface area contributed by atoms with Crippen molar-refractivity contribution >= 4 is 13.3 Å². The van der Waals surface area contributed by atoms with E-state index in [9.17, 15) is 14.6 Å². The van der Waals surface area contributed by atoms with E-state index in [4.69, 9.17) is 10.3 Å². The number of aromatic nitrogens is 2. The molecule has 2 unspecified atom stereocenters. The van der Waals surface area contributed by atoms with Crippen LogP contribution in [-0.4, -0.2) is 39.0 Å². The minimum absolute atomic E-state index is 0.0568. The van der Waals surface area contributed by atoms with Crippen LogP contribution < -0.4 is 11.1 Å². The van der Waals surface area contributed by atoms with Crippen LogP contribution in [0.3, 0.4) is 0 Å². The Kier molecular flexibility index (Phi) is 6.82. The molecule has 1 heterocycles. The molecule has 0 radical (unpaired) electrons. The molecule has 29 heavy (non-hydrogen) atoms. The number of benzene rings is 2. The molecular formula is C20H25N4O4P. The molecule has 154 valence electrons. The molecule has 0 bridgehead atoms. The molecule has 1 aromatic heterocycles. The second-order valence-corrected chi connectivity index (χ2v) is 9.41. The fourth-order valence-corrected chi connectivity index (χ4v) is 4.72. The molecule has 9 heteroatoms. The molecule has 3 aromatic rings. The van der Waals surface area contributed by atoms with Crippen LogP contribution in [0.4, 0.5) is 5.95 Å². The van der Waals surface area contributed by atoms with E-state index < -0.39 is 13.5 Å². The summed E-state index contributed by atoms with van der Waals surface area (Å²) in [5.41, 5.74) is 8.00. The van der Waals surface area contributed by atoms with Crippen molar-refractivity contribution in [3.63, 3.8) is 0 Å².